The Morgan fingerprint density at radius 1 is 1.32 bits per heavy atom. The third-order valence-corrected chi connectivity index (χ3v) is 4.93. The number of aliphatic hydroxyl groups excluding tert-OH is 1. The van der Waals surface area contributed by atoms with Crippen molar-refractivity contribution < 1.29 is 9.90 Å². The maximum absolute atomic E-state index is 12.5. The van der Waals surface area contributed by atoms with Crippen molar-refractivity contribution in [3.05, 3.63) is 32.9 Å². The molecular weight excluding hydrogens is 355 g/mol. The van der Waals surface area contributed by atoms with Gasteiger partial charge in [-0.2, -0.15) is 0 Å². The first kappa shape index (κ1) is 14.7. The van der Waals surface area contributed by atoms with Crippen LogP contribution in [0.3, 0.4) is 0 Å². The lowest BCUT2D eigenvalue weighted by Gasteiger charge is -2.34. The van der Waals surface area contributed by atoms with Crippen LogP contribution in [0.2, 0.25) is 0 Å². The number of halogens is 1. The van der Waals surface area contributed by atoms with E-state index in [2.05, 4.69) is 27.5 Å². The van der Waals surface area contributed by atoms with Crippen molar-refractivity contribution in [2.45, 2.75) is 6.92 Å². The monoisotopic (exact) mass is 374 g/mol. The summed E-state index contributed by atoms with van der Waals surface area (Å²) in [4.78, 5) is 16.6. The first-order valence-electron chi connectivity index (χ1n) is 6.51. The maximum atomic E-state index is 12.5. The van der Waals surface area contributed by atoms with E-state index in [0.717, 1.165) is 40.9 Å². The van der Waals surface area contributed by atoms with Gasteiger partial charge in [0.1, 0.15) is 0 Å². The summed E-state index contributed by atoms with van der Waals surface area (Å²) in [5.74, 6) is 0.122. The number of amides is 1. The molecule has 0 unspecified atom stereocenters. The lowest BCUT2D eigenvalue weighted by molar-refractivity contribution is 0.0614. The van der Waals surface area contributed by atoms with E-state index in [1.54, 1.807) is 0 Å². The number of hydrogen-bond donors (Lipinski definition) is 1. The highest BCUT2D eigenvalue weighted by Crippen LogP contribution is 2.19. The Morgan fingerprint density at radius 2 is 2.00 bits per heavy atom. The first-order valence-corrected chi connectivity index (χ1v) is 7.59. The minimum absolute atomic E-state index is 0.122. The molecule has 0 aliphatic carbocycles. The molecule has 1 saturated heterocycles. The molecular formula is C14H19IN2O2. The number of nitrogens with zero attached hydrogens (tertiary/aromatic N) is 2. The van der Waals surface area contributed by atoms with Gasteiger partial charge >= 0.3 is 0 Å². The number of hydrogen-bond acceptors (Lipinski definition) is 3. The highest BCUT2D eigenvalue weighted by atomic mass is 127. The van der Waals surface area contributed by atoms with Crippen molar-refractivity contribution in [2.24, 2.45) is 0 Å². The summed E-state index contributed by atoms with van der Waals surface area (Å²) in [5, 5.41) is 8.92. The number of aryl methyl sites for hydroxylation is 1. The molecule has 1 N–H and O–H groups in total. The second-order valence-corrected chi connectivity index (χ2v) is 5.87. The van der Waals surface area contributed by atoms with Crippen LogP contribution in [-0.4, -0.2) is 60.1 Å². The van der Waals surface area contributed by atoms with Gasteiger partial charge in [0.15, 0.2) is 0 Å². The van der Waals surface area contributed by atoms with Crippen molar-refractivity contribution >= 4 is 28.5 Å². The SMILES string of the molecule is Cc1cccc(C(=O)N2CCN(CCO)CC2)c1I. The average Bonchev–Trinajstić information content (AvgIpc) is 2.42. The molecule has 1 aromatic carbocycles. The van der Waals surface area contributed by atoms with E-state index < -0.39 is 0 Å². The van der Waals surface area contributed by atoms with Gasteiger partial charge < -0.3 is 10.0 Å². The molecule has 1 aliphatic rings. The number of carbonyl (C=O) groups is 1. The zero-order valence-electron chi connectivity index (χ0n) is 11.1. The third-order valence-electron chi connectivity index (χ3n) is 3.50. The molecule has 0 aromatic heterocycles. The van der Waals surface area contributed by atoms with Crippen molar-refractivity contribution in [1.82, 2.24) is 9.80 Å². The average molecular weight is 374 g/mol. The molecule has 19 heavy (non-hydrogen) atoms. The van der Waals surface area contributed by atoms with E-state index in [4.69, 9.17) is 5.11 Å². The Morgan fingerprint density at radius 3 is 2.63 bits per heavy atom. The van der Waals surface area contributed by atoms with Gasteiger partial charge in [-0.05, 0) is 41.1 Å². The minimum atomic E-state index is 0.122. The van der Waals surface area contributed by atoms with Gasteiger partial charge in [-0.3, -0.25) is 9.69 Å². The van der Waals surface area contributed by atoms with Crippen LogP contribution in [0, 0.1) is 10.5 Å². The number of rotatable bonds is 3. The van der Waals surface area contributed by atoms with E-state index in [1.807, 2.05) is 30.0 Å². The van der Waals surface area contributed by atoms with Crippen molar-refractivity contribution in [2.75, 3.05) is 39.3 Å². The van der Waals surface area contributed by atoms with Crippen molar-refractivity contribution in [3.8, 4) is 0 Å². The Bertz CT molecular complexity index is 457. The second kappa shape index (κ2) is 6.67. The second-order valence-electron chi connectivity index (χ2n) is 4.79. The summed E-state index contributed by atoms with van der Waals surface area (Å²) in [6, 6.07) is 5.86. The molecule has 0 bridgehead atoms. The third kappa shape index (κ3) is 3.46. The smallest absolute Gasteiger partial charge is 0.255 e. The van der Waals surface area contributed by atoms with Crippen LogP contribution >= 0.6 is 22.6 Å². The summed E-state index contributed by atoms with van der Waals surface area (Å²) in [6.07, 6.45) is 0. The molecule has 1 aliphatic heterocycles. The quantitative estimate of drug-likeness (QED) is 0.813. The van der Waals surface area contributed by atoms with Gasteiger partial charge in [0.05, 0.1) is 12.2 Å². The van der Waals surface area contributed by atoms with Crippen molar-refractivity contribution in [3.63, 3.8) is 0 Å². The minimum Gasteiger partial charge on any atom is -0.395 e. The summed E-state index contributed by atoms with van der Waals surface area (Å²) in [5.41, 5.74) is 1.95. The van der Waals surface area contributed by atoms with Gasteiger partial charge in [-0.1, -0.05) is 12.1 Å². The Kier molecular flexibility index (Phi) is 5.18. The molecule has 1 amide bonds. The first-order chi connectivity index (χ1) is 9.13. The van der Waals surface area contributed by atoms with Gasteiger partial charge in [-0.15, -0.1) is 0 Å². The van der Waals surface area contributed by atoms with Crippen LogP contribution in [0.1, 0.15) is 15.9 Å². The lowest BCUT2D eigenvalue weighted by Crippen LogP contribution is -2.49. The lowest BCUT2D eigenvalue weighted by atomic mass is 10.1. The molecule has 104 valence electrons. The standard InChI is InChI=1S/C14H19IN2O2/c1-11-3-2-4-12(13(11)15)14(19)17-7-5-16(6-8-17)9-10-18/h2-4,18H,5-10H2,1H3. The van der Waals surface area contributed by atoms with E-state index in [0.29, 0.717) is 6.54 Å². The maximum Gasteiger partial charge on any atom is 0.255 e. The number of piperazine rings is 1. The zero-order chi connectivity index (χ0) is 13.8. The topological polar surface area (TPSA) is 43.8 Å². The molecule has 2 rings (SSSR count). The molecule has 5 heteroatoms. The van der Waals surface area contributed by atoms with Crippen LogP contribution in [0.15, 0.2) is 18.2 Å². The van der Waals surface area contributed by atoms with Gasteiger partial charge in [0.2, 0.25) is 0 Å². The number of carbonyl (C=O) groups excluding carboxylic acids is 1. The Balaban J connectivity index is 2.03. The van der Waals surface area contributed by atoms with Crippen molar-refractivity contribution in [1.29, 1.82) is 0 Å². The molecule has 0 saturated carbocycles. The number of aliphatic hydroxyl groups is 1. The molecule has 0 atom stereocenters. The van der Waals surface area contributed by atoms with E-state index in [-0.39, 0.29) is 12.5 Å². The summed E-state index contributed by atoms with van der Waals surface area (Å²) < 4.78 is 1.04. The Labute approximate surface area is 127 Å². The molecule has 0 radical (unpaired) electrons. The fraction of sp³-hybridized carbons (Fsp3) is 0.500. The summed E-state index contributed by atoms with van der Waals surface area (Å²) in [6.45, 7) is 6.07. The molecule has 4 nitrogen and oxygen atoms in total. The van der Waals surface area contributed by atoms with Gasteiger partial charge in [0.25, 0.3) is 5.91 Å². The van der Waals surface area contributed by atoms with Gasteiger partial charge in [0, 0.05) is 36.3 Å². The normalized spacial score (nSPS) is 16.7. The largest absolute Gasteiger partial charge is 0.395 e. The van der Waals surface area contributed by atoms with E-state index in [9.17, 15) is 4.79 Å². The van der Waals surface area contributed by atoms with Crippen LogP contribution < -0.4 is 0 Å². The van der Waals surface area contributed by atoms with Crippen LogP contribution in [-0.2, 0) is 0 Å². The highest BCUT2D eigenvalue weighted by molar-refractivity contribution is 14.1. The predicted octanol–water partition coefficient (Wildman–Crippen LogP) is 1.35. The van der Waals surface area contributed by atoms with E-state index in [1.165, 1.54) is 0 Å². The van der Waals surface area contributed by atoms with Crippen LogP contribution in [0.4, 0.5) is 0 Å². The highest BCUT2D eigenvalue weighted by Gasteiger charge is 2.23. The zero-order valence-corrected chi connectivity index (χ0v) is 13.3. The van der Waals surface area contributed by atoms with Crippen LogP contribution in [0.25, 0.3) is 0 Å². The molecule has 0 spiro atoms. The van der Waals surface area contributed by atoms with E-state index >= 15 is 0 Å². The number of benzene rings is 1. The molecule has 1 fully saturated rings. The summed E-state index contributed by atoms with van der Waals surface area (Å²) >= 11 is 2.24. The summed E-state index contributed by atoms with van der Waals surface area (Å²) in [7, 11) is 0. The van der Waals surface area contributed by atoms with Crippen LogP contribution in [0.5, 0.6) is 0 Å². The van der Waals surface area contributed by atoms with Gasteiger partial charge in [-0.25, -0.2) is 0 Å². The number of β-amino-alcohol motifs (C(OH)–C–C–N with tert-alkyl or cyclic N) is 1. The predicted molar refractivity (Wildman–Crippen MR) is 83.3 cm³/mol. The fourth-order valence-electron chi connectivity index (χ4n) is 2.30. The fourth-order valence-corrected chi connectivity index (χ4v) is 2.89. The Hall–Kier alpha value is -0.660. The molecule has 1 aromatic rings. The molecule has 1 heterocycles.